The number of benzene rings is 2. The lowest BCUT2D eigenvalue weighted by molar-refractivity contribution is -0.274. The van der Waals surface area contributed by atoms with Gasteiger partial charge in [0.25, 0.3) is 0 Å². The number of hydrogen-bond donors (Lipinski definition) is 1. The Kier molecular flexibility index (Phi) is 9.94. The summed E-state index contributed by atoms with van der Waals surface area (Å²) in [5.74, 6) is -0.243. The van der Waals surface area contributed by atoms with Gasteiger partial charge in [0.1, 0.15) is 5.75 Å². The number of thioether (sulfide) groups is 1. The minimum atomic E-state index is -4.85. The molecule has 0 spiro atoms. The lowest BCUT2D eigenvalue weighted by Crippen LogP contribution is -2.40. The molecule has 0 unspecified atom stereocenters. The summed E-state index contributed by atoms with van der Waals surface area (Å²) in [6, 6.07) is 11.5. The summed E-state index contributed by atoms with van der Waals surface area (Å²) in [5, 5.41) is 12.0. The molecule has 43 heavy (non-hydrogen) atoms. The van der Waals surface area contributed by atoms with Gasteiger partial charge in [-0.2, -0.15) is 4.31 Å². The number of morpholine rings is 1. The molecule has 0 radical (unpaired) electrons. The summed E-state index contributed by atoms with van der Waals surface area (Å²) in [7, 11) is -3.81. The summed E-state index contributed by atoms with van der Waals surface area (Å²) < 4.78 is 77.1. The van der Waals surface area contributed by atoms with E-state index in [9.17, 15) is 26.4 Å². The summed E-state index contributed by atoms with van der Waals surface area (Å²) in [4.78, 5) is 12.9. The number of carbonyl (C=O) groups excluding carboxylic acids is 1. The third-order valence-corrected chi connectivity index (χ3v) is 10.0. The summed E-state index contributed by atoms with van der Waals surface area (Å²) >= 11 is 1.13. The molecule has 2 aliphatic rings. The molecule has 0 atom stereocenters. The van der Waals surface area contributed by atoms with Gasteiger partial charge in [-0.05, 0) is 49.2 Å². The normalized spacial score (nSPS) is 17.4. The van der Waals surface area contributed by atoms with Crippen LogP contribution >= 0.6 is 11.8 Å². The molecule has 1 aliphatic heterocycles. The highest BCUT2D eigenvalue weighted by Gasteiger charge is 2.31. The minimum Gasteiger partial charge on any atom is -0.406 e. The smallest absolute Gasteiger partial charge is 0.406 e. The van der Waals surface area contributed by atoms with E-state index in [0.717, 1.165) is 50.3 Å². The Morgan fingerprint density at radius 2 is 1.72 bits per heavy atom. The Hall–Kier alpha value is -3.14. The average Bonchev–Trinajstić information content (AvgIpc) is 3.25. The van der Waals surface area contributed by atoms with Crippen molar-refractivity contribution < 1.29 is 35.9 Å². The SMILES string of the molecule is O=C(CSc1nnc(-c2cccc(S(=O)(=O)N3CCOCC3)c2)n1-c1ccc(OC(F)(F)F)cc1)NC1CCCCCC1. The van der Waals surface area contributed by atoms with Crippen LogP contribution in [0, 0.1) is 0 Å². The largest absolute Gasteiger partial charge is 0.573 e. The van der Waals surface area contributed by atoms with E-state index in [1.165, 1.54) is 40.7 Å². The number of nitrogens with one attached hydrogen (secondary N) is 1. The monoisotopic (exact) mass is 639 g/mol. The van der Waals surface area contributed by atoms with E-state index >= 15 is 0 Å². The van der Waals surface area contributed by atoms with Gasteiger partial charge in [0.05, 0.1) is 23.9 Å². The Morgan fingerprint density at radius 1 is 1.02 bits per heavy atom. The van der Waals surface area contributed by atoms with Crippen LogP contribution in [0.2, 0.25) is 0 Å². The zero-order valence-corrected chi connectivity index (χ0v) is 24.9. The lowest BCUT2D eigenvalue weighted by atomic mass is 10.1. The number of alkyl halides is 3. The highest BCUT2D eigenvalue weighted by Crippen LogP contribution is 2.32. The van der Waals surface area contributed by atoms with Crippen molar-refractivity contribution in [3.8, 4) is 22.8 Å². The summed E-state index contributed by atoms with van der Waals surface area (Å²) in [5.41, 5.74) is 0.829. The number of halogens is 3. The molecule has 2 aromatic carbocycles. The summed E-state index contributed by atoms with van der Waals surface area (Å²) in [6.45, 7) is 1.07. The van der Waals surface area contributed by atoms with E-state index < -0.39 is 22.1 Å². The van der Waals surface area contributed by atoms with Crippen LogP contribution in [0.1, 0.15) is 38.5 Å². The average molecular weight is 640 g/mol. The minimum absolute atomic E-state index is 0.0509. The zero-order chi connectivity index (χ0) is 30.5. The van der Waals surface area contributed by atoms with Crippen molar-refractivity contribution in [2.24, 2.45) is 0 Å². The van der Waals surface area contributed by atoms with Crippen molar-refractivity contribution >= 4 is 27.7 Å². The molecule has 1 saturated heterocycles. The van der Waals surface area contributed by atoms with Gasteiger partial charge in [0.2, 0.25) is 15.9 Å². The van der Waals surface area contributed by atoms with Gasteiger partial charge in [0, 0.05) is 30.4 Å². The van der Waals surface area contributed by atoms with Crippen LogP contribution < -0.4 is 10.1 Å². The second-order valence-electron chi connectivity index (χ2n) is 10.3. The zero-order valence-electron chi connectivity index (χ0n) is 23.3. The van der Waals surface area contributed by atoms with Crippen molar-refractivity contribution in [1.82, 2.24) is 24.4 Å². The van der Waals surface area contributed by atoms with Crippen molar-refractivity contribution in [3.63, 3.8) is 0 Å². The van der Waals surface area contributed by atoms with E-state index in [2.05, 4.69) is 20.3 Å². The molecule has 2 heterocycles. The molecule has 1 saturated carbocycles. The maximum Gasteiger partial charge on any atom is 0.573 e. The topological polar surface area (TPSA) is 116 Å². The molecular formula is C28H32F3N5O5S2. The molecule has 232 valence electrons. The first kappa shape index (κ1) is 31.3. The number of carbonyl (C=O) groups is 1. The summed E-state index contributed by atoms with van der Waals surface area (Å²) in [6.07, 6.45) is 1.50. The van der Waals surface area contributed by atoms with Crippen LogP contribution in [-0.2, 0) is 19.6 Å². The highest BCUT2D eigenvalue weighted by molar-refractivity contribution is 7.99. The van der Waals surface area contributed by atoms with Gasteiger partial charge in [-0.15, -0.1) is 23.4 Å². The van der Waals surface area contributed by atoms with Crippen LogP contribution in [-0.4, -0.2) is 77.9 Å². The molecule has 1 aromatic heterocycles. The van der Waals surface area contributed by atoms with E-state index in [-0.39, 0.29) is 41.5 Å². The Morgan fingerprint density at radius 3 is 2.40 bits per heavy atom. The standard InChI is InChI=1S/C28H32F3N5O5S2/c29-28(30,31)41-23-12-10-22(11-13-23)36-26(20-6-5-9-24(18-20)43(38,39)35-14-16-40-17-15-35)33-34-27(36)42-19-25(37)32-21-7-3-1-2-4-8-21/h5-6,9-13,18,21H,1-4,7-8,14-17,19H2,(H,32,37). The number of nitrogens with zero attached hydrogens (tertiary/aromatic N) is 4. The number of rotatable bonds is 9. The molecule has 1 aliphatic carbocycles. The van der Waals surface area contributed by atoms with Gasteiger partial charge in [-0.25, -0.2) is 8.42 Å². The van der Waals surface area contributed by atoms with Gasteiger partial charge in [-0.1, -0.05) is 49.6 Å². The molecular weight excluding hydrogens is 607 g/mol. The first-order valence-electron chi connectivity index (χ1n) is 14.0. The fraction of sp³-hybridized carbons (Fsp3) is 0.464. The number of sulfonamides is 1. The van der Waals surface area contributed by atoms with E-state index in [0.29, 0.717) is 29.6 Å². The van der Waals surface area contributed by atoms with Crippen LogP contribution in [0.4, 0.5) is 13.2 Å². The van der Waals surface area contributed by atoms with Crippen molar-refractivity contribution in [2.45, 2.75) is 61.0 Å². The number of ether oxygens (including phenoxy) is 2. The van der Waals surface area contributed by atoms with Gasteiger partial charge in [-0.3, -0.25) is 9.36 Å². The second kappa shape index (κ2) is 13.7. The maximum atomic E-state index is 13.3. The van der Waals surface area contributed by atoms with Crippen molar-refractivity contribution in [2.75, 3.05) is 32.1 Å². The Labute approximate surface area is 252 Å². The Balaban J connectivity index is 1.44. The fourth-order valence-corrected chi connectivity index (χ4v) is 7.35. The third kappa shape index (κ3) is 8.08. The van der Waals surface area contributed by atoms with E-state index in [1.807, 2.05) is 0 Å². The molecule has 1 N–H and O–H groups in total. The molecule has 0 bridgehead atoms. The molecule has 10 nitrogen and oxygen atoms in total. The van der Waals surface area contributed by atoms with Crippen LogP contribution in [0.3, 0.4) is 0 Å². The van der Waals surface area contributed by atoms with E-state index in [4.69, 9.17) is 4.74 Å². The third-order valence-electron chi connectivity index (χ3n) is 7.21. The molecule has 2 fully saturated rings. The van der Waals surface area contributed by atoms with E-state index in [1.54, 1.807) is 16.7 Å². The Bertz CT molecular complexity index is 1500. The van der Waals surface area contributed by atoms with Gasteiger partial charge < -0.3 is 14.8 Å². The maximum absolute atomic E-state index is 13.3. The molecule has 15 heteroatoms. The first-order chi connectivity index (χ1) is 20.6. The van der Waals surface area contributed by atoms with Crippen LogP contribution in [0.25, 0.3) is 17.1 Å². The van der Waals surface area contributed by atoms with Crippen LogP contribution in [0.5, 0.6) is 5.75 Å². The van der Waals surface area contributed by atoms with Crippen LogP contribution in [0.15, 0.2) is 58.6 Å². The highest BCUT2D eigenvalue weighted by atomic mass is 32.2. The molecule has 5 rings (SSSR count). The number of amides is 1. The second-order valence-corrected chi connectivity index (χ2v) is 13.2. The predicted molar refractivity (Wildman–Crippen MR) is 153 cm³/mol. The molecule has 3 aromatic rings. The predicted octanol–water partition coefficient (Wildman–Crippen LogP) is 4.78. The van der Waals surface area contributed by atoms with Gasteiger partial charge >= 0.3 is 6.36 Å². The number of hydrogen-bond acceptors (Lipinski definition) is 8. The van der Waals surface area contributed by atoms with Crippen molar-refractivity contribution in [1.29, 1.82) is 0 Å². The first-order valence-corrected chi connectivity index (χ1v) is 16.4. The fourth-order valence-electron chi connectivity index (χ4n) is 5.13. The number of aromatic nitrogens is 3. The quantitative estimate of drug-likeness (QED) is 0.263. The van der Waals surface area contributed by atoms with Crippen molar-refractivity contribution in [3.05, 3.63) is 48.5 Å². The lowest BCUT2D eigenvalue weighted by Gasteiger charge is -2.26. The van der Waals surface area contributed by atoms with Gasteiger partial charge in [0.15, 0.2) is 11.0 Å². The molecule has 1 amide bonds.